The van der Waals surface area contributed by atoms with Crippen molar-refractivity contribution in [2.24, 2.45) is 0 Å². The fraction of sp³-hybridized carbons (Fsp3) is 0.579. The van der Waals surface area contributed by atoms with Crippen LogP contribution in [-0.4, -0.2) is 71.9 Å². The van der Waals surface area contributed by atoms with E-state index < -0.39 is 17.7 Å². The number of nitrogens with one attached hydrogen (secondary N) is 1. The van der Waals surface area contributed by atoms with Crippen molar-refractivity contribution in [3.05, 3.63) is 29.8 Å². The smallest absolute Gasteiger partial charge is 0.322 e. The molecule has 27 heavy (non-hydrogen) atoms. The van der Waals surface area contributed by atoms with Crippen LogP contribution in [0, 0.1) is 11.6 Å². The predicted octanol–water partition coefficient (Wildman–Crippen LogP) is 2.52. The summed E-state index contributed by atoms with van der Waals surface area (Å²) in [6.45, 7) is 5.38. The van der Waals surface area contributed by atoms with E-state index >= 15 is 0 Å². The molecule has 0 aromatic heterocycles. The third kappa shape index (κ3) is 4.94. The van der Waals surface area contributed by atoms with Crippen LogP contribution in [0.4, 0.5) is 19.3 Å². The second-order valence-corrected chi connectivity index (χ2v) is 7.25. The molecule has 2 fully saturated rings. The summed E-state index contributed by atoms with van der Waals surface area (Å²) in [7, 11) is 0. The molecular formula is C19H26F2N4O2. The van der Waals surface area contributed by atoms with Gasteiger partial charge in [0.05, 0.1) is 12.2 Å². The molecule has 2 aliphatic rings. The summed E-state index contributed by atoms with van der Waals surface area (Å²) in [5.41, 5.74) is -0.0434. The van der Waals surface area contributed by atoms with E-state index in [1.807, 2.05) is 9.80 Å². The van der Waals surface area contributed by atoms with Gasteiger partial charge in [-0.2, -0.15) is 0 Å². The Hall–Kier alpha value is -2.22. The predicted molar refractivity (Wildman–Crippen MR) is 98.4 cm³/mol. The lowest BCUT2D eigenvalue weighted by atomic mass is 10.0. The maximum atomic E-state index is 13.7. The minimum Gasteiger partial charge on any atom is -0.339 e. The van der Waals surface area contributed by atoms with Gasteiger partial charge in [0.1, 0.15) is 11.6 Å². The minimum atomic E-state index is -0.803. The molecule has 1 unspecified atom stereocenters. The van der Waals surface area contributed by atoms with Crippen LogP contribution in [0.25, 0.3) is 0 Å². The molecule has 0 saturated carbocycles. The molecule has 2 heterocycles. The molecule has 0 bridgehead atoms. The number of halogens is 2. The fourth-order valence-corrected chi connectivity index (χ4v) is 3.64. The first-order chi connectivity index (χ1) is 12.9. The zero-order valence-electron chi connectivity index (χ0n) is 15.6. The number of piperazine rings is 1. The molecule has 0 spiro atoms. The van der Waals surface area contributed by atoms with Crippen molar-refractivity contribution in [1.82, 2.24) is 14.7 Å². The van der Waals surface area contributed by atoms with Gasteiger partial charge in [-0.3, -0.25) is 9.69 Å². The largest absolute Gasteiger partial charge is 0.339 e. The van der Waals surface area contributed by atoms with Crippen molar-refractivity contribution in [3.63, 3.8) is 0 Å². The van der Waals surface area contributed by atoms with E-state index in [2.05, 4.69) is 12.2 Å². The highest BCUT2D eigenvalue weighted by Crippen LogP contribution is 2.18. The maximum Gasteiger partial charge on any atom is 0.322 e. The van der Waals surface area contributed by atoms with E-state index in [0.29, 0.717) is 38.8 Å². The molecule has 8 heteroatoms. The highest BCUT2D eigenvalue weighted by molar-refractivity contribution is 5.89. The zero-order valence-corrected chi connectivity index (χ0v) is 15.6. The van der Waals surface area contributed by atoms with Crippen molar-refractivity contribution < 1.29 is 18.4 Å². The Bertz CT molecular complexity index is 692. The van der Waals surface area contributed by atoms with Crippen LogP contribution in [0.5, 0.6) is 0 Å². The molecule has 148 valence electrons. The number of amides is 3. The monoisotopic (exact) mass is 380 g/mol. The van der Waals surface area contributed by atoms with Gasteiger partial charge >= 0.3 is 6.03 Å². The second-order valence-electron chi connectivity index (χ2n) is 7.25. The van der Waals surface area contributed by atoms with Gasteiger partial charge < -0.3 is 15.1 Å². The van der Waals surface area contributed by atoms with Gasteiger partial charge in [0, 0.05) is 44.8 Å². The van der Waals surface area contributed by atoms with Gasteiger partial charge in [-0.15, -0.1) is 0 Å². The van der Waals surface area contributed by atoms with Crippen LogP contribution in [-0.2, 0) is 4.79 Å². The first-order valence-electron chi connectivity index (χ1n) is 9.47. The Balaban J connectivity index is 1.46. The van der Waals surface area contributed by atoms with Crippen molar-refractivity contribution >= 4 is 17.6 Å². The number of carbonyl (C=O) groups is 2. The van der Waals surface area contributed by atoms with E-state index in [1.54, 1.807) is 4.90 Å². The van der Waals surface area contributed by atoms with Crippen LogP contribution in [0.1, 0.15) is 26.2 Å². The molecule has 2 saturated heterocycles. The summed E-state index contributed by atoms with van der Waals surface area (Å²) in [6, 6.07) is 2.92. The number of urea groups is 1. The van der Waals surface area contributed by atoms with E-state index in [0.717, 1.165) is 31.5 Å². The summed E-state index contributed by atoms with van der Waals surface area (Å²) < 4.78 is 26.6. The van der Waals surface area contributed by atoms with Crippen molar-refractivity contribution in [3.8, 4) is 0 Å². The topological polar surface area (TPSA) is 55.9 Å². The SMILES string of the molecule is CC1CCCCN1C(=O)CN1CCN(C(=O)Nc2ccc(F)cc2F)CC1. The molecule has 6 nitrogen and oxygen atoms in total. The number of carbonyl (C=O) groups excluding carboxylic acids is 2. The van der Waals surface area contributed by atoms with Crippen molar-refractivity contribution in [1.29, 1.82) is 0 Å². The Kier molecular flexibility index (Phi) is 6.26. The maximum absolute atomic E-state index is 13.7. The quantitative estimate of drug-likeness (QED) is 0.877. The standard InChI is InChI=1S/C19H26F2N4O2/c1-14-4-2-3-7-25(14)18(26)13-23-8-10-24(11-9-23)19(27)22-17-6-5-15(20)12-16(17)21/h5-6,12,14H,2-4,7-11,13H2,1H3,(H,22,27). The van der Waals surface area contributed by atoms with Crippen LogP contribution in [0.3, 0.4) is 0 Å². The highest BCUT2D eigenvalue weighted by Gasteiger charge is 2.27. The van der Waals surface area contributed by atoms with E-state index in [1.165, 1.54) is 12.5 Å². The van der Waals surface area contributed by atoms with Gasteiger partial charge in [-0.1, -0.05) is 0 Å². The van der Waals surface area contributed by atoms with Crippen molar-refractivity contribution in [2.45, 2.75) is 32.2 Å². The third-order valence-electron chi connectivity index (χ3n) is 5.31. The Morgan fingerprint density at radius 2 is 1.85 bits per heavy atom. The van der Waals surface area contributed by atoms with E-state index in [4.69, 9.17) is 0 Å². The normalized spacial score (nSPS) is 21.2. The number of piperidine rings is 1. The molecule has 2 aliphatic heterocycles. The van der Waals surface area contributed by atoms with E-state index in [-0.39, 0.29) is 11.6 Å². The first-order valence-corrected chi connectivity index (χ1v) is 9.47. The Labute approximate surface area is 158 Å². The van der Waals surface area contributed by atoms with Gasteiger partial charge in [0.15, 0.2) is 0 Å². The molecule has 1 N–H and O–H groups in total. The average molecular weight is 380 g/mol. The molecular weight excluding hydrogens is 354 g/mol. The van der Waals surface area contributed by atoms with Gasteiger partial charge in [-0.25, -0.2) is 13.6 Å². The zero-order chi connectivity index (χ0) is 19.4. The third-order valence-corrected chi connectivity index (χ3v) is 5.31. The Morgan fingerprint density at radius 3 is 2.52 bits per heavy atom. The molecule has 3 rings (SSSR count). The highest BCUT2D eigenvalue weighted by atomic mass is 19.1. The van der Waals surface area contributed by atoms with Crippen LogP contribution in [0.15, 0.2) is 18.2 Å². The van der Waals surface area contributed by atoms with Crippen molar-refractivity contribution in [2.75, 3.05) is 44.6 Å². The summed E-state index contributed by atoms with van der Waals surface area (Å²) >= 11 is 0. The fourth-order valence-electron chi connectivity index (χ4n) is 3.64. The summed E-state index contributed by atoms with van der Waals surface area (Å²) in [5.74, 6) is -1.34. The molecule has 3 amide bonds. The number of anilines is 1. The minimum absolute atomic E-state index is 0.0434. The van der Waals surface area contributed by atoms with Crippen LogP contribution >= 0.6 is 0 Å². The van der Waals surface area contributed by atoms with Gasteiger partial charge in [0.2, 0.25) is 5.91 Å². The molecule has 0 aliphatic carbocycles. The Morgan fingerprint density at radius 1 is 1.11 bits per heavy atom. The first kappa shape index (κ1) is 19.5. The average Bonchev–Trinajstić information content (AvgIpc) is 2.65. The lowest BCUT2D eigenvalue weighted by Crippen LogP contribution is -2.53. The van der Waals surface area contributed by atoms with Crippen LogP contribution in [0.2, 0.25) is 0 Å². The van der Waals surface area contributed by atoms with Crippen LogP contribution < -0.4 is 5.32 Å². The number of hydrogen-bond acceptors (Lipinski definition) is 3. The number of benzene rings is 1. The summed E-state index contributed by atoms with van der Waals surface area (Å²) in [4.78, 5) is 30.4. The molecule has 1 atom stereocenters. The number of rotatable bonds is 3. The van der Waals surface area contributed by atoms with Gasteiger partial charge in [-0.05, 0) is 38.3 Å². The molecule has 1 aromatic carbocycles. The summed E-state index contributed by atoms with van der Waals surface area (Å²) in [5, 5.41) is 2.47. The molecule has 1 aromatic rings. The lowest BCUT2D eigenvalue weighted by Gasteiger charge is -2.38. The van der Waals surface area contributed by atoms with Gasteiger partial charge in [0.25, 0.3) is 0 Å². The number of hydrogen-bond donors (Lipinski definition) is 1. The number of nitrogens with zero attached hydrogens (tertiary/aromatic N) is 3. The lowest BCUT2D eigenvalue weighted by molar-refractivity contribution is -0.136. The number of likely N-dealkylation sites (tertiary alicyclic amines) is 1. The second kappa shape index (κ2) is 8.65. The summed E-state index contributed by atoms with van der Waals surface area (Å²) in [6.07, 6.45) is 3.29. The van der Waals surface area contributed by atoms with E-state index in [9.17, 15) is 18.4 Å². The molecule has 0 radical (unpaired) electrons.